The molecule has 1 aliphatic heterocycles. The van der Waals surface area contributed by atoms with Gasteiger partial charge in [-0.05, 0) is 30.9 Å². The van der Waals surface area contributed by atoms with Crippen LogP contribution < -0.4 is 5.32 Å². The van der Waals surface area contributed by atoms with E-state index in [-0.39, 0.29) is 0 Å². The number of aryl methyl sites for hydroxylation is 1. The van der Waals surface area contributed by atoms with Gasteiger partial charge in [0.2, 0.25) is 0 Å². The molecule has 1 aliphatic rings. The maximum Gasteiger partial charge on any atom is 0.125 e. The van der Waals surface area contributed by atoms with Crippen molar-refractivity contribution in [2.75, 3.05) is 11.9 Å². The van der Waals surface area contributed by atoms with Crippen LogP contribution in [0, 0.1) is 6.92 Å². The van der Waals surface area contributed by atoms with Crippen molar-refractivity contribution in [1.82, 2.24) is 9.78 Å². The number of rotatable bonds is 4. The third-order valence-corrected chi connectivity index (χ3v) is 4.55. The molecule has 0 fully saturated rings. The molecule has 1 N–H and O–H groups in total. The van der Waals surface area contributed by atoms with Gasteiger partial charge in [0.05, 0.1) is 11.7 Å². The molecule has 1 aromatic heterocycles. The molecule has 3 nitrogen and oxygen atoms in total. The van der Waals surface area contributed by atoms with Gasteiger partial charge in [-0.25, -0.2) is 4.68 Å². The first kappa shape index (κ1) is 14.2. The molecule has 2 aromatic rings. The third-order valence-electron chi connectivity index (χ3n) is 4.55. The molecule has 3 heteroatoms. The Hall–Kier alpha value is -1.77. The standard InChI is InChI=1S/C18H25N3/c1-4-7-14(3)16-12-18-19-11-10-17(21(18)20-16)15-9-6-5-8-13(15)2/h5-6,8-9,12,14,17,19H,4,7,10-11H2,1-3H3. The van der Waals surface area contributed by atoms with Gasteiger partial charge < -0.3 is 5.32 Å². The van der Waals surface area contributed by atoms with Crippen LogP contribution in [-0.2, 0) is 0 Å². The van der Waals surface area contributed by atoms with E-state index in [2.05, 4.69) is 61.1 Å². The van der Waals surface area contributed by atoms with Crippen molar-refractivity contribution in [2.45, 2.75) is 52.0 Å². The lowest BCUT2D eigenvalue weighted by Gasteiger charge is -2.27. The lowest BCUT2D eigenvalue weighted by Crippen LogP contribution is -2.24. The van der Waals surface area contributed by atoms with E-state index in [4.69, 9.17) is 5.10 Å². The molecule has 0 aliphatic carbocycles. The summed E-state index contributed by atoms with van der Waals surface area (Å²) in [7, 11) is 0. The minimum Gasteiger partial charge on any atom is -0.370 e. The Morgan fingerprint density at radius 2 is 2.19 bits per heavy atom. The molecule has 2 heterocycles. The fourth-order valence-electron chi connectivity index (χ4n) is 3.31. The summed E-state index contributed by atoms with van der Waals surface area (Å²) in [6, 6.07) is 11.3. The van der Waals surface area contributed by atoms with Crippen LogP contribution >= 0.6 is 0 Å². The second-order valence-corrected chi connectivity index (χ2v) is 6.18. The topological polar surface area (TPSA) is 29.9 Å². The van der Waals surface area contributed by atoms with Crippen LogP contribution in [0.1, 0.15) is 61.9 Å². The number of nitrogens with one attached hydrogen (secondary N) is 1. The predicted molar refractivity (Wildman–Crippen MR) is 88.0 cm³/mol. The summed E-state index contributed by atoms with van der Waals surface area (Å²) in [5.41, 5.74) is 3.98. The Bertz CT molecular complexity index is 615. The van der Waals surface area contributed by atoms with Crippen LogP contribution in [0.25, 0.3) is 0 Å². The molecule has 0 radical (unpaired) electrons. The highest BCUT2D eigenvalue weighted by Crippen LogP contribution is 2.33. The monoisotopic (exact) mass is 283 g/mol. The minimum atomic E-state index is 0.366. The normalized spacial score (nSPS) is 18.9. The predicted octanol–water partition coefficient (Wildman–Crippen LogP) is 4.50. The van der Waals surface area contributed by atoms with Crippen LogP contribution in [0.15, 0.2) is 30.3 Å². The molecule has 21 heavy (non-hydrogen) atoms. The summed E-state index contributed by atoms with van der Waals surface area (Å²) in [5, 5.41) is 8.42. The molecule has 0 amide bonds. The molecular weight excluding hydrogens is 258 g/mol. The highest BCUT2D eigenvalue weighted by molar-refractivity contribution is 5.43. The Morgan fingerprint density at radius 3 is 2.95 bits per heavy atom. The van der Waals surface area contributed by atoms with E-state index in [1.807, 2.05) is 0 Å². The lowest BCUT2D eigenvalue weighted by atomic mass is 9.98. The van der Waals surface area contributed by atoms with Crippen molar-refractivity contribution in [1.29, 1.82) is 0 Å². The van der Waals surface area contributed by atoms with E-state index in [0.717, 1.165) is 13.0 Å². The summed E-state index contributed by atoms with van der Waals surface area (Å²) < 4.78 is 2.20. The Balaban J connectivity index is 1.96. The summed E-state index contributed by atoms with van der Waals surface area (Å²) >= 11 is 0. The van der Waals surface area contributed by atoms with E-state index in [1.54, 1.807) is 0 Å². The zero-order valence-electron chi connectivity index (χ0n) is 13.3. The average molecular weight is 283 g/mol. The molecule has 0 bridgehead atoms. The molecule has 0 saturated carbocycles. The first-order valence-corrected chi connectivity index (χ1v) is 8.09. The first-order chi connectivity index (χ1) is 10.2. The molecule has 112 valence electrons. The molecule has 2 unspecified atom stereocenters. The van der Waals surface area contributed by atoms with Crippen molar-refractivity contribution in [3.05, 3.63) is 47.2 Å². The average Bonchev–Trinajstić information content (AvgIpc) is 2.92. The van der Waals surface area contributed by atoms with E-state index >= 15 is 0 Å². The van der Waals surface area contributed by atoms with Gasteiger partial charge in [-0.2, -0.15) is 5.10 Å². The number of fused-ring (bicyclic) bond motifs is 1. The second kappa shape index (κ2) is 5.92. The van der Waals surface area contributed by atoms with Crippen LogP contribution in [0.4, 0.5) is 5.82 Å². The number of nitrogens with zero attached hydrogens (tertiary/aromatic N) is 2. The van der Waals surface area contributed by atoms with Crippen LogP contribution in [0.2, 0.25) is 0 Å². The molecule has 3 rings (SSSR count). The molecule has 0 saturated heterocycles. The summed E-state index contributed by atoms with van der Waals surface area (Å²) in [6.45, 7) is 7.73. The fraction of sp³-hybridized carbons (Fsp3) is 0.500. The minimum absolute atomic E-state index is 0.366. The highest BCUT2D eigenvalue weighted by Gasteiger charge is 2.25. The quantitative estimate of drug-likeness (QED) is 0.895. The van der Waals surface area contributed by atoms with Crippen molar-refractivity contribution in [3.63, 3.8) is 0 Å². The van der Waals surface area contributed by atoms with Gasteiger partial charge in [0.1, 0.15) is 5.82 Å². The van der Waals surface area contributed by atoms with Crippen LogP contribution in [0.5, 0.6) is 0 Å². The number of anilines is 1. The van der Waals surface area contributed by atoms with Gasteiger partial charge >= 0.3 is 0 Å². The van der Waals surface area contributed by atoms with Crippen LogP contribution in [0.3, 0.4) is 0 Å². The molecular formula is C18H25N3. The summed E-state index contributed by atoms with van der Waals surface area (Å²) in [6.07, 6.45) is 3.50. The van der Waals surface area contributed by atoms with Gasteiger partial charge in [-0.3, -0.25) is 0 Å². The molecule has 2 atom stereocenters. The zero-order valence-corrected chi connectivity index (χ0v) is 13.3. The molecule has 1 aromatic carbocycles. The summed E-state index contributed by atoms with van der Waals surface area (Å²) in [4.78, 5) is 0. The van der Waals surface area contributed by atoms with Crippen LogP contribution in [-0.4, -0.2) is 16.3 Å². The zero-order chi connectivity index (χ0) is 14.8. The SMILES string of the molecule is CCCC(C)c1cc2n(n1)C(c1ccccc1C)CCN2. The van der Waals surface area contributed by atoms with E-state index in [9.17, 15) is 0 Å². The maximum atomic E-state index is 4.92. The smallest absolute Gasteiger partial charge is 0.125 e. The number of aromatic nitrogens is 2. The largest absolute Gasteiger partial charge is 0.370 e. The van der Waals surface area contributed by atoms with E-state index in [0.29, 0.717) is 12.0 Å². The number of hydrogen-bond acceptors (Lipinski definition) is 2. The highest BCUT2D eigenvalue weighted by atomic mass is 15.4. The third kappa shape index (κ3) is 2.69. The van der Waals surface area contributed by atoms with Crippen molar-refractivity contribution in [3.8, 4) is 0 Å². The number of hydrogen-bond donors (Lipinski definition) is 1. The Labute approximate surface area is 127 Å². The number of benzene rings is 1. The lowest BCUT2D eigenvalue weighted by molar-refractivity contribution is 0.471. The first-order valence-electron chi connectivity index (χ1n) is 8.09. The second-order valence-electron chi connectivity index (χ2n) is 6.18. The Kier molecular flexibility index (Phi) is 4.00. The van der Waals surface area contributed by atoms with Gasteiger partial charge in [0.25, 0.3) is 0 Å². The van der Waals surface area contributed by atoms with E-state index in [1.165, 1.54) is 35.5 Å². The fourth-order valence-corrected chi connectivity index (χ4v) is 3.31. The van der Waals surface area contributed by atoms with Gasteiger partial charge in [-0.1, -0.05) is 44.5 Å². The van der Waals surface area contributed by atoms with Crippen molar-refractivity contribution in [2.24, 2.45) is 0 Å². The Morgan fingerprint density at radius 1 is 1.38 bits per heavy atom. The molecule has 0 spiro atoms. The van der Waals surface area contributed by atoms with E-state index < -0.39 is 0 Å². The van der Waals surface area contributed by atoms with Gasteiger partial charge in [0.15, 0.2) is 0 Å². The van der Waals surface area contributed by atoms with Crippen molar-refractivity contribution >= 4 is 5.82 Å². The maximum absolute atomic E-state index is 4.92. The van der Waals surface area contributed by atoms with Gasteiger partial charge in [0, 0.05) is 18.5 Å². The summed E-state index contributed by atoms with van der Waals surface area (Å²) in [5.74, 6) is 1.71. The van der Waals surface area contributed by atoms with Gasteiger partial charge in [-0.15, -0.1) is 0 Å². The van der Waals surface area contributed by atoms with Crippen molar-refractivity contribution < 1.29 is 0 Å².